The first-order chi connectivity index (χ1) is 12.3. The highest BCUT2D eigenvalue weighted by Gasteiger charge is 2.12. The van der Waals surface area contributed by atoms with Crippen LogP contribution in [0.3, 0.4) is 0 Å². The number of rotatable bonds is 5. The molecule has 0 fully saturated rings. The molecule has 25 heavy (non-hydrogen) atoms. The van der Waals surface area contributed by atoms with Gasteiger partial charge in [0.1, 0.15) is 0 Å². The van der Waals surface area contributed by atoms with E-state index in [2.05, 4.69) is 20.5 Å². The fourth-order valence-electron chi connectivity index (χ4n) is 2.46. The Morgan fingerprint density at radius 2 is 2.16 bits per heavy atom. The van der Waals surface area contributed by atoms with Crippen LogP contribution >= 0.6 is 23.1 Å². The number of thiazole rings is 1. The van der Waals surface area contributed by atoms with E-state index in [1.165, 1.54) is 0 Å². The second-order valence-corrected chi connectivity index (χ2v) is 7.13. The van der Waals surface area contributed by atoms with E-state index in [-0.39, 0.29) is 5.91 Å². The molecule has 0 bridgehead atoms. The molecule has 5 nitrogen and oxygen atoms in total. The molecular weight excluding hydrogens is 352 g/mol. The molecule has 0 aliphatic heterocycles. The Hall–Kier alpha value is -2.64. The molecule has 1 amide bonds. The summed E-state index contributed by atoms with van der Waals surface area (Å²) in [7, 11) is 0. The maximum Gasteiger partial charge on any atom is 0.256 e. The third-order valence-electron chi connectivity index (χ3n) is 3.69. The van der Waals surface area contributed by atoms with Gasteiger partial charge < -0.3 is 5.32 Å². The summed E-state index contributed by atoms with van der Waals surface area (Å²) >= 11 is 3.19. The molecule has 0 saturated carbocycles. The number of nitrogens with zero attached hydrogens (tertiary/aromatic N) is 2. The van der Waals surface area contributed by atoms with E-state index in [9.17, 15) is 4.79 Å². The minimum atomic E-state index is -0.121. The predicted octanol–water partition coefficient (Wildman–Crippen LogP) is 4.56. The molecule has 0 unspecified atom stereocenters. The van der Waals surface area contributed by atoms with Crippen molar-refractivity contribution < 1.29 is 4.79 Å². The second kappa shape index (κ2) is 7.08. The molecule has 0 atom stereocenters. The lowest BCUT2D eigenvalue weighted by atomic mass is 10.2. The zero-order chi connectivity index (χ0) is 17.1. The quantitative estimate of drug-likeness (QED) is 0.508. The summed E-state index contributed by atoms with van der Waals surface area (Å²) in [6, 6.07) is 13.3. The zero-order valence-electron chi connectivity index (χ0n) is 13.1. The van der Waals surface area contributed by atoms with E-state index in [0.29, 0.717) is 5.56 Å². The number of hydrogen-bond acceptors (Lipinski definition) is 5. The van der Waals surface area contributed by atoms with Crippen molar-refractivity contribution in [2.24, 2.45) is 0 Å². The van der Waals surface area contributed by atoms with Gasteiger partial charge in [-0.05, 0) is 30.3 Å². The summed E-state index contributed by atoms with van der Waals surface area (Å²) in [6.07, 6.45) is 1.74. The highest BCUT2D eigenvalue weighted by Crippen LogP contribution is 2.27. The smallest absolute Gasteiger partial charge is 0.256 e. The number of hydrogen-bond donors (Lipinski definition) is 2. The van der Waals surface area contributed by atoms with Crippen molar-refractivity contribution in [1.29, 1.82) is 0 Å². The number of nitrogens with one attached hydrogen (secondary N) is 2. The molecule has 0 spiro atoms. The van der Waals surface area contributed by atoms with E-state index in [1.807, 2.05) is 53.4 Å². The van der Waals surface area contributed by atoms with Crippen LogP contribution in [0.25, 0.3) is 10.9 Å². The van der Waals surface area contributed by atoms with Crippen LogP contribution < -0.4 is 5.32 Å². The van der Waals surface area contributed by atoms with Gasteiger partial charge in [-0.3, -0.25) is 9.89 Å². The number of amides is 1. The molecule has 4 rings (SSSR count). The molecule has 2 heterocycles. The number of thioether (sulfide) groups is 1. The van der Waals surface area contributed by atoms with E-state index < -0.39 is 0 Å². The van der Waals surface area contributed by atoms with Crippen LogP contribution in [0, 0.1) is 0 Å². The molecule has 2 aromatic heterocycles. The van der Waals surface area contributed by atoms with Crippen LogP contribution in [0.5, 0.6) is 0 Å². The van der Waals surface area contributed by atoms with E-state index in [0.717, 1.165) is 32.9 Å². The van der Waals surface area contributed by atoms with Gasteiger partial charge in [-0.1, -0.05) is 12.1 Å². The van der Waals surface area contributed by atoms with Crippen molar-refractivity contribution in [3.05, 3.63) is 70.8 Å². The lowest BCUT2D eigenvalue weighted by molar-refractivity contribution is 0.102. The normalized spacial score (nSPS) is 10.9. The lowest BCUT2D eigenvalue weighted by Crippen LogP contribution is -2.12. The summed E-state index contributed by atoms with van der Waals surface area (Å²) in [5.41, 5.74) is 5.20. The molecule has 4 aromatic rings. The van der Waals surface area contributed by atoms with Gasteiger partial charge in [-0.25, -0.2) is 4.98 Å². The van der Waals surface area contributed by atoms with Crippen molar-refractivity contribution in [2.75, 3.05) is 5.32 Å². The third kappa shape index (κ3) is 3.57. The van der Waals surface area contributed by atoms with Gasteiger partial charge in [0, 0.05) is 27.1 Å². The molecule has 0 saturated heterocycles. The topological polar surface area (TPSA) is 70.7 Å². The summed E-state index contributed by atoms with van der Waals surface area (Å²) in [5.74, 6) is 0.624. The Balaban J connectivity index is 1.52. The zero-order valence-corrected chi connectivity index (χ0v) is 14.7. The van der Waals surface area contributed by atoms with Crippen molar-refractivity contribution in [3.63, 3.8) is 0 Å². The molecule has 7 heteroatoms. The van der Waals surface area contributed by atoms with Crippen LogP contribution in [0.2, 0.25) is 0 Å². The Morgan fingerprint density at radius 1 is 1.24 bits per heavy atom. The lowest BCUT2D eigenvalue weighted by Gasteiger charge is -2.09. The highest BCUT2D eigenvalue weighted by molar-refractivity contribution is 7.98. The van der Waals surface area contributed by atoms with E-state index >= 15 is 0 Å². The van der Waals surface area contributed by atoms with Crippen LogP contribution in [0.1, 0.15) is 16.1 Å². The van der Waals surface area contributed by atoms with Crippen LogP contribution in [-0.4, -0.2) is 21.1 Å². The van der Waals surface area contributed by atoms with Gasteiger partial charge in [-0.15, -0.1) is 23.1 Å². The summed E-state index contributed by atoms with van der Waals surface area (Å²) in [4.78, 5) is 17.9. The van der Waals surface area contributed by atoms with Gasteiger partial charge in [-0.2, -0.15) is 5.10 Å². The first kappa shape index (κ1) is 15.9. The predicted molar refractivity (Wildman–Crippen MR) is 102 cm³/mol. The molecule has 0 aliphatic rings. The fourth-order valence-corrected chi connectivity index (χ4v) is 4.08. The molecular formula is C18H14N4OS2. The van der Waals surface area contributed by atoms with Crippen LogP contribution in [0.15, 0.2) is 64.4 Å². The number of aromatic amines is 1. The average Bonchev–Trinajstić information content (AvgIpc) is 3.31. The molecule has 0 aliphatic carbocycles. The van der Waals surface area contributed by atoms with Crippen molar-refractivity contribution >= 4 is 45.6 Å². The minimum absolute atomic E-state index is 0.121. The van der Waals surface area contributed by atoms with Crippen molar-refractivity contribution in [1.82, 2.24) is 15.2 Å². The third-order valence-corrected chi connectivity index (χ3v) is 5.43. The van der Waals surface area contributed by atoms with E-state index in [4.69, 9.17) is 0 Å². The van der Waals surface area contributed by atoms with Gasteiger partial charge in [0.2, 0.25) is 0 Å². The van der Waals surface area contributed by atoms with Gasteiger partial charge in [0.15, 0.2) is 0 Å². The highest BCUT2D eigenvalue weighted by atomic mass is 32.2. The van der Waals surface area contributed by atoms with Crippen LogP contribution in [0.4, 0.5) is 5.69 Å². The Bertz CT molecular complexity index is 1010. The van der Waals surface area contributed by atoms with Gasteiger partial charge >= 0.3 is 0 Å². The monoisotopic (exact) mass is 366 g/mol. The standard InChI is InChI=1S/C18H14N4OS2/c23-18(21-13-5-6-16-12(7-13)8-20-22-16)15-3-1-2-4-17(15)25-10-14-9-24-11-19-14/h1-9,11H,10H2,(H,20,22)(H,21,23). The number of carbonyl (C=O) groups excluding carboxylic acids is 1. The molecule has 2 N–H and O–H groups in total. The summed E-state index contributed by atoms with van der Waals surface area (Å²) in [5, 5.41) is 12.8. The number of H-pyrrole nitrogens is 1. The SMILES string of the molecule is O=C(Nc1ccc2[nH]ncc2c1)c1ccccc1SCc1cscn1. The summed E-state index contributed by atoms with van der Waals surface area (Å²) in [6.45, 7) is 0. The Labute approximate surface area is 152 Å². The van der Waals surface area contributed by atoms with Crippen molar-refractivity contribution in [2.45, 2.75) is 10.6 Å². The fraction of sp³-hybridized carbons (Fsp3) is 0.0556. The summed E-state index contributed by atoms with van der Waals surface area (Å²) < 4.78 is 0. The maximum absolute atomic E-state index is 12.7. The minimum Gasteiger partial charge on any atom is -0.322 e. The van der Waals surface area contributed by atoms with Crippen LogP contribution in [-0.2, 0) is 5.75 Å². The number of anilines is 1. The molecule has 0 radical (unpaired) electrons. The van der Waals surface area contributed by atoms with Crippen molar-refractivity contribution in [3.8, 4) is 0 Å². The Morgan fingerprint density at radius 3 is 3.04 bits per heavy atom. The number of benzene rings is 2. The molecule has 2 aromatic carbocycles. The Kier molecular flexibility index (Phi) is 4.49. The average molecular weight is 366 g/mol. The maximum atomic E-state index is 12.7. The van der Waals surface area contributed by atoms with Gasteiger partial charge in [0.05, 0.1) is 28.5 Å². The first-order valence-corrected chi connectivity index (χ1v) is 9.56. The first-order valence-electron chi connectivity index (χ1n) is 7.63. The largest absolute Gasteiger partial charge is 0.322 e. The second-order valence-electron chi connectivity index (χ2n) is 5.39. The number of aromatic nitrogens is 3. The number of carbonyl (C=O) groups is 1. The molecule has 124 valence electrons. The number of fused-ring (bicyclic) bond motifs is 1. The van der Waals surface area contributed by atoms with E-state index in [1.54, 1.807) is 29.3 Å². The van der Waals surface area contributed by atoms with Gasteiger partial charge in [0.25, 0.3) is 5.91 Å².